The Hall–Kier alpha value is -3.70. The molecule has 36 heavy (non-hydrogen) atoms. The first kappa shape index (κ1) is 26.9. The number of carboxylic acids is 1. The van der Waals surface area contributed by atoms with Crippen molar-refractivity contribution in [2.45, 2.75) is 19.3 Å². The largest absolute Gasteiger partial charge is 0.481 e. The third-order valence-electron chi connectivity index (χ3n) is 4.84. The molecule has 0 aliphatic heterocycles. The van der Waals surface area contributed by atoms with E-state index in [1.165, 1.54) is 5.56 Å². The number of carbonyl (C=O) groups is 1. The number of nitrogens with one attached hydrogen (secondary N) is 5. The third-order valence-corrected chi connectivity index (χ3v) is 5.46. The van der Waals surface area contributed by atoms with E-state index in [0.717, 1.165) is 12.8 Å². The summed E-state index contributed by atoms with van der Waals surface area (Å²) in [6.07, 6.45) is 1.57. The van der Waals surface area contributed by atoms with Crippen LogP contribution in [-0.2, 0) is 11.2 Å². The van der Waals surface area contributed by atoms with Crippen LogP contribution in [0.25, 0.3) is 0 Å². The summed E-state index contributed by atoms with van der Waals surface area (Å²) < 4.78 is 0. The molecule has 0 aliphatic carbocycles. The summed E-state index contributed by atoms with van der Waals surface area (Å²) in [7, 11) is 0. The van der Waals surface area contributed by atoms with Crippen LogP contribution in [0, 0.1) is 0 Å². The first-order chi connectivity index (χ1) is 17.5. The van der Waals surface area contributed by atoms with Crippen LogP contribution < -0.4 is 26.6 Å². The molecule has 0 radical (unpaired) electrons. The topological polar surface area (TPSA) is 136 Å². The van der Waals surface area contributed by atoms with E-state index in [1.54, 1.807) is 6.07 Å². The number of benzene rings is 2. The molecule has 6 N–H and O–H groups in total. The van der Waals surface area contributed by atoms with Crippen molar-refractivity contribution in [3.8, 4) is 0 Å². The van der Waals surface area contributed by atoms with Gasteiger partial charge in [-0.1, -0.05) is 54.1 Å². The Morgan fingerprint density at radius 2 is 1.47 bits per heavy atom. The highest BCUT2D eigenvalue weighted by Gasteiger charge is 2.09. The van der Waals surface area contributed by atoms with Gasteiger partial charge in [-0.05, 0) is 42.8 Å². The molecule has 0 unspecified atom stereocenters. The van der Waals surface area contributed by atoms with Crippen LogP contribution in [0.5, 0.6) is 0 Å². The van der Waals surface area contributed by atoms with Gasteiger partial charge in [-0.2, -0.15) is 15.0 Å². The highest BCUT2D eigenvalue weighted by Crippen LogP contribution is 2.24. The SMILES string of the molecule is O=C(O)CCNC(=S)NCCCNc1nc(NCCc2ccccc2)nc(Nc2ccccc2Cl)n1. The molecule has 10 nitrogen and oxygen atoms in total. The summed E-state index contributed by atoms with van der Waals surface area (Å²) >= 11 is 11.4. The van der Waals surface area contributed by atoms with Gasteiger partial charge >= 0.3 is 5.97 Å². The van der Waals surface area contributed by atoms with Gasteiger partial charge in [0.15, 0.2) is 5.11 Å². The predicted molar refractivity (Wildman–Crippen MR) is 147 cm³/mol. The van der Waals surface area contributed by atoms with Gasteiger partial charge in [0.05, 0.1) is 17.1 Å². The molecule has 1 heterocycles. The van der Waals surface area contributed by atoms with Crippen LogP contribution in [0.1, 0.15) is 18.4 Å². The normalized spacial score (nSPS) is 10.4. The number of nitrogens with zero attached hydrogens (tertiary/aromatic N) is 3. The maximum atomic E-state index is 10.6. The Morgan fingerprint density at radius 1 is 0.833 bits per heavy atom. The molecule has 1 aromatic heterocycles. The Kier molecular flexibility index (Phi) is 10.9. The molecular formula is C24H29ClN8O2S. The fourth-order valence-corrected chi connectivity index (χ4v) is 3.46. The number of thiocarbonyl (C=S) groups is 1. The van der Waals surface area contributed by atoms with Crippen LogP contribution in [0.15, 0.2) is 54.6 Å². The summed E-state index contributed by atoms with van der Waals surface area (Å²) in [5.41, 5.74) is 1.91. The minimum Gasteiger partial charge on any atom is -0.481 e. The van der Waals surface area contributed by atoms with Gasteiger partial charge in [-0.15, -0.1) is 0 Å². The van der Waals surface area contributed by atoms with Crippen molar-refractivity contribution in [1.29, 1.82) is 0 Å². The van der Waals surface area contributed by atoms with Gasteiger partial charge < -0.3 is 31.7 Å². The monoisotopic (exact) mass is 528 g/mol. The number of rotatable bonds is 14. The minimum absolute atomic E-state index is 0.00897. The molecule has 2 aromatic carbocycles. The molecule has 0 atom stereocenters. The van der Waals surface area contributed by atoms with Crippen molar-refractivity contribution in [2.24, 2.45) is 0 Å². The quantitative estimate of drug-likeness (QED) is 0.135. The van der Waals surface area contributed by atoms with Crippen molar-refractivity contribution in [2.75, 3.05) is 42.1 Å². The average molecular weight is 529 g/mol. The number of carboxylic acid groups (broad SMARTS) is 1. The van der Waals surface area contributed by atoms with Gasteiger partial charge in [-0.3, -0.25) is 4.79 Å². The molecule has 0 bridgehead atoms. The molecule has 0 aliphatic rings. The lowest BCUT2D eigenvalue weighted by Crippen LogP contribution is -2.37. The van der Waals surface area contributed by atoms with Gasteiger partial charge in [0.25, 0.3) is 0 Å². The van der Waals surface area contributed by atoms with E-state index in [-0.39, 0.29) is 13.0 Å². The van der Waals surface area contributed by atoms with Gasteiger partial charge in [0, 0.05) is 26.2 Å². The Labute approximate surface area is 220 Å². The third kappa shape index (κ3) is 9.88. The number of para-hydroxylation sites is 1. The molecule has 0 saturated carbocycles. The van der Waals surface area contributed by atoms with Crippen molar-refractivity contribution in [3.63, 3.8) is 0 Å². The van der Waals surface area contributed by atoms with Gasteiger partial charge in [-0.25, -0.2) is 0 Å². The molecule has 0 fully saturated rings. The zero-order valence-electron chi connectivity index (χ0n) is 19.6. The lowest BCUT2D eigenvalue weighted by atomic mass is 10.1. The van der Waals surface area contributed by atoms with Crippen molar-refractivity contribution < 1.29 is 9.90 Å². The van der Waals surface area contributed by atoms with Crippen LogP contribution in [0.3, 0.4) is 0 Å². The number of aliphatic carboxylic acids is 1. The van der Waals surface area contributed by atoms with Crippen LogP contribution in [0.4, 0.5) is 23.5 Å². The second-order valence-corrected chi connectivity index (χ2v) is 8.50. The zero-order chi connectivity index (χ0) is 25.6. The first-order valence-electron chi connectivity index (χ1n) is 11.5. The van der Waals surface area contributed by atoms with Crippen LogP contribution >= 0.6 is 23.8 Å². The summed E-state index contributed by atoms with van der Waals surface area (Å²) in [6.45, 7) is 2.13. The van der Waals surface area contributed by atoms with Crippen LogP contribution in [0.2, 0.25) is 5.02 Å². The molecule has 190 valence electrons. The fourth-order valence-electron chi connectivity index (χ4n) is 3.07. The second kappa shape index (κ2) is 14.6. The number of halogens is 1. The molecule has 0 amide bonds. The van der Waals surface area contributed by atoms with E-state index < -0.39 is 5.97 Å². The lowest BCUT2D eigenvalue weighted by molar-refractivity contribution is -0.136. The van der Waals surface area contributed by atoms with E-state index in [1.807, 2.05) is 36.4 Å². The van der Waals surface area contributed by atoms with Crippen LogP contribution in [-0.4, -0.2) is 57.3 Å². The minimum atomic E-state index is -0.871. The van der Waals surface area contributed by atoms with Crippen molar-refractivity contribution in [3.05, 3.63) is 65.2 Å². The number of hydrogen-bond donors (Lipinski definition) is 6. The molecule has 12 heteroatoms. The molecule has 0 saturated heterocycles. The van der Waals surface area contributed by atoms with Gasteiger partial charge in [0.1, 0.15) is 0 Å². The summed E-state index contributed by atoms with van der Waals surface area (Å²) in [5.74, 6) is 0.359. The van der Waals surface area contributed by atoms with E-state index in [9.17, 15) is 4.79 Å². The summed E-state index contributed by atoms with van der Waals surface area (Å²) in [6, 6.07) is 17.5. The molecule has 3 rings (SSSR count). The van der Waals surface area contributed by atoms with E-state index in [4.69, 9.17) is 28.9 Å². The maximum Gasteiger partial charge on any atom is 0.305 e. The standard InChI is InChI=1S/C24H29ClN8O2S/c25-18-9-4-5-10-19(18)30-23-32-21(26-13-6-14-28-24(36)29-16-12-20(34)35)31-22(33-23)27-15-11-17-7-2-1-3-8-17/h1-5,7-10H,6,11-16H2,(H,34,35)(H2,28,29,36)(H3,26,27,30,31,32,33). The fraction of sp³-hybridized carbons (Fsp3) is 0.292. The van der Waals surface area contributed by atoms with Crippen molar-refractivity contribution >= 4 is 58.4 Å². The van der Waals surface area contributed by atoms with E-state index >= 15 is 0 Å². The smallest absolute Gasteiger partial charge is 0.305 e. The molecular weight excluding hydrogens is 500 g/mol. The zero-order valence-corrected chi connectivity index (χ0v) is 21.2. The van der Waals surface area contributed by atoms with Gasteiger partial charge in [0.2, 0.25) is 17.8 Å². The van der Waals surface area contributed by atoms with E-state index in [0.29, 0.717) is 53.3 Å². The molecule has 0 spiro atoms. The Balaban J connectivity index is 1.55. The first-order valence-corrected chi connectivity index (χ1v) is 12.3. The Morgan fingerprint density at radius 3 is 2.19 bits per heavy atom. The highest BCUT2D eigenvalue weighted by molar-refractivity contribution is 7.80. The maximum absolute atomic E-state index is 10.6. The second-order valence-electron chi connectivity index (χ2n) is 7.68. The predicted octanol–water partition coefficient (Wildman–Crippen LogP) is 3.66. The summed E-state index contributed by atoms with van der Waals surface area (Å²) in [4.78, 5) is 24.0. The van der Waals surface area contributed by atoms with Crippen molar-refractivity contribution in [1.82, 2.24) is 25.6 Å². The Bertz CT molecular complexity index is 1140. The lowest BCUT2D eigenvalue weighted by Gasteiger charge is -2.13. The average Bonchev–Trinajstić information content (AvgIpc) is 2.86. The van der Waals surface area contributed by atoms with E-state index in [2.05, 4.69) is 53.7 Å². The number of anilines is 4. The summed E-state index contributed by atoms with van der Waals surface area (Å²) in [5, 5.41) is 25.2. The molecule has 3 aromatic rings. The number of aromatic nitrogens is 3. The highest BCUT2D eigenvalue weighted by atomic mass is 35.5. The number of hydrogen-bond acceptors (Lipinski definition) is 8.